The van der Waals surface area contributed by atoms with Crippen LogP contribution in [0.1, 0.15) is 72.1 Å². The van der Waals surface area contributed by atoms with Gasteiger partial charge in [-0.05, 0) is 41.4 Å². The van der Waals surface area contributed by atoms with Gasteiger partial charge in [-0.2, -0.15) is 0 Å². The molecule has 0 saturated heterocycles. The molecule has 0 spiro atoms. The molecule has 0 aliphatic carbocycles. The third-order valence-electron chi connectivity index (χ3n) is 3.75. The largest absolute Gasteiger partial charge is 0.373 e. The van der Waals surface area contributed by atoms with Crippen LogP contribution < -0.4 is 5.48 Å². The first-order chi connectivity index (χ1) is 9.38. The number of carbonyl (C=O) groups excluding carboxylic acids is 1. The van der Waals surface area contributed by atoms with Gasteiger partial charge in [-0.3, -0.25) is 4.79 Å². The van der Waals surface area contributed by atoms with Gasteiger partial charge in [0.15, 0.2) is 0 Å². The van der Waals surface area contributed by atoms with Crippen molar-refractivity contribution in [2.75, 3.05) is 0 Å². The maximum atomic E-state index is 10.5. The highest BCUT2D eigenvalue weighted by atomic mass is 16.7. The van der Waals surface area contributed by atoms with E-state index in [0.29, 0.717) is 6.47 Å². The summed E-state index contributed by atoms with van der Waals surface area (Å²) in [4.78, 5) is 15.2. The van der Waals surface area contributed by atoms with Crippen molar-refractivity contribution in [1.82, 2.24) is 5.48 Å². The second kappa shape index (κ2) is 5.80. The molecule has 0 aliphatic heterocycles. The van der Waals surface area contributed by atoms with E-state index in [-0.39, 0.29) is 10.8 Å². The lowest BCUT2D eigenvalue weighted by Gasteiger charge is -2.31. The molecule has 0 atom stereocenters. The fourth-order valence-electron chi connectivity index (χ4n) is 2.08. The number of hydroxylamine groups is 1. The molecule has 118 valence electrons. The third kappa shape index (κ3) is 4.57. The van der Waals surface area contributed by atoms with Crippen LogP contribution in [-0.2, 0) is 26.0 Å². The number of nitrogens with one attached hydrogen (secondary N) is 1. The molecule has 0 heterocycles. The van der Waals surface area contributed by atoms with Crippen molar-refractivity contribution in [3.8, 4) is 0 Å². The summed E-state index contributed by atoms with van der Waals surface area (Å²) in [6, 6.07) is 6.66. The van der Waals surface area contributed by atoms with Crippen LogP contribution in [-0.4, -0.2) is 6.47 Å². The van der Waals surface area contributed by atoms with E-state index in [4.69, 9.17) is 4.84 Å². The highest BCUT2D eigenvalue weighted by Gasteiger charge is 2.27. The van der Waals surface area contributed by atoms with Crippen LogP contribution in [0.4, 0.5) is 0 Å². The van der Waals surface area contributed by atoms with Gasteiger partial charge in [-0.1, -0.05) is 59.7 Å². The summed E-state index contributed by atoms with van der Waals surface area (Å²) in [5.41, 5.74) is 6.19. The van der Waals surface area contributed by atoms with E-state index in [1.807, 2.05) is 13.8 Å². The number of benzene rings is 1. The maximum absolute atomic E-state index is 10.5. The molecule has 1 rings (SSSR count). The van der Waals surface area contributed by atoms with Crippen molar-refractivity contribution in [3.05, 3.63) is 34.9 Å². The number of hydrogen-bond donors (Lipinski definition) is 1. The van der Waals surface area contributed by atoms with E-state index in [9.17, 15) is 4.79 Å². The predicted molar refractivity (Wildman–Crippen MR) is 87.2 cm³/mol. The number of carbonyl (C=O) groups is 1. The van der Waals surface area contributed by atoms with E-state index >= 15 is 0 Å². The van der Waals surface area contributed by atoms with Gasteiger partial charge in [0.2, 0.25) is 0 Å². The van der Waals surface area contributed by atoms with Crippen molar-refractivity contribution < 1.29 is 9.63 Å². The molecule has 1 aromatic rings. The molecule has 21 heavy (non-hydrogen) atoms. The van der Waals surface area contributed by atoms with Crippen molar-refractivity contribution in [1.29, 1.82) is 0 Å². The van der Waals surface area contributed by atoms with Crippen molar-refractivity contribution in [2.24, 2.45) is 0 Å². The molecule has 3 heteroatoms. The van der Waals surface area contributed by atoms with Crippen LogP contribution in [0.2, 0.25) is 0 Å². The average Bonchev–Trinajstić information content (AvgIpc) is 2.34. The summed E-state index contributed by atoms with van der Waals surface area (Å²) in [5.74, 6) is 0. The standard InChI is InChI=1S/C18H29NO2/c1-16(2,3)13-9-14(17(4,5)6)11-15(10-13)18(7,8)19-21-12-20/h9-12,19H,1-8H3. The Labute approximate surface area is 129 Å². The maximum Gasteiger partial charge on any atom is 0.312 e. The normalized spacial score (nSPS) is 13.1. The molecular weight excluding hydrogens is 262 g/mol. The lowest BCUT2D eigenvalue weighted by molar-refractivity contribution is -0.139. The Balaban J connectivity index is 3.41. The molecule has 1 N–H and O–H groups in total. The van der Waals surface area contributed by atoms with Gasteiger partial charge in [0.25, 0.3) is 0 Å². The van der Waals surface area contributed by atoms with Crippen molar-refractivity contribution in [3.63, 3.8) is 0 Å². The smallest absolute Gasteiger partial charge is 0.312 e. The Morgan fingerprint density at radius 3 is 1.52 bits per heavy atom. The van der Waals surface area contributed by atoms with Crippen LogP contribution in [0.15, 0.2) is 18.2 Å². The van der Waals surface area contributed by atoms with Gasteiger partial charge in [-0.15, -0.1) is 5.48 Å². The summed E-state index contributed by atoms with van der Waals surface area (Å²) in [6.07, 6.45) is 0. The zero-order valence-electron chi connectivity index (χ0n) is 14.6. The second-order valence-electron chi connectivity index (χ2n) is 8.24. The van der Waals surface area contributed by atoms with Crippen LogP contribution in [0.3, 0.4) is 0 Å². The molecule has 0 unspecified atom stereocenters. The van der Waals surface area contributed by atoms with Crippen LogP contribution >= 0.6 is 0 Å². The predicted octanol–water partition coefficient (Wildman–Crippen LogP) is 4.19. The molecular formula is C18H29NO2. The molecule has 3 nitrogen and oxygen atoms in total. The summed E-state index contributed by atoms with van der Waals surface area (Å²) >= 11 is 0. The second-order valence-corrected chi connectivity index (χ2v) is 8.24. The van der Waals surface area contributed by atoms with Gasteiger partial charge in [0, 0.05) is 0 Å². The average molecular weight is 291 g/mol. The molecule has 0 radical (unpaired) electrons. The van der Waals surface area contributed by atoms with Crippen LogP contribution in [0, 0.1) is 0 Å². The van der Waals surface area contributed by atoms with E-state index < -0.39 is 5.54 Å². The van der Waals surface area contributed by atoms with E-state index in [0.717, 1.165) is 5.56 Å². The molecule has 0 fully saturated rings. The zero-order chi connectivity index (χ0) is 16.5. The fraction of sp³-hybridized carbons (Fsp3) is 0.611. The first-order valence-corrected chi connectivity index (χ1v) is 7.41. The minimum atomic E-state index is -0.442. The first kappa shape index (κ1) is 17.7. The fourth-order valence-corrected chi connectivity index (χ4v) is 2.08. The number of hydrogen-bond acceptors (Lipinski definition) is 3. The first-order valence-electron chi connectivity index (χ1n) is 7.41. The van der Waals surface area contributed by atoms with Gasteiger partial charge in [0.05, 0.1) is 5.54 Å². The van der Waals surface area contributed by atoms with Crippen molar-refractivity contribution in [2.45, 2.75) is 71.8 Å². The Kier molecular flexibility index (Phi) is 4.89. The lowest BCUT2D eigenvalue weighted by Crippen LogP contribution is -2.37. The van der Waals surface area contributed by atoms with Gasteiger partial charge < -0.3 is 4.84 Å². The molecule has 0 amide bonds. The van der Waals surface area contributed by atoms with Crippen LogP contribution in [0.25, 0.3) is 0 Å². The van der Waals surface area contributed by atoms with E-state index in [1.54, 1.807) is 0 Å². The van der Waals surface area contributed by atoms with Gasteiger partial charge >= 0.3 is 6.47 Å². The highest BCUT2D eigenvalue weighted by Crippen LogP contribution is 2.33. The monoisotopic (exact) mass is 291 g/mol. The molecule has 0 bridgehead atoms. The molecule has 1 aromatic carbocycles. The van der Waals surface area contributed by atoms with Gasteiger partial charge in [-0.25, -0.2) is 0 Å². The Morgan fingerprint density at radius 1 is 0.810 bits per heavy atom. The number of rotatable bonds is 4. The minimum absolute atomic E-state index is 0.0671. The van der Waals surface area contributed by atoms with Gasteiger partial charge in [0.1, 0.15) is 0 Å². The quantitative estimate of drug-likeness (QED) is 0.667. The Hall–Kier alpha value is -1.35. The van der Waals surface area contributed by atoms with E-state index in [1.165, 1.54) is 11.1 Å². The molecule has 0 aromatic heterocycles. The SMILES string of the molecule is CC(C)(C)c1cc(C(C)(C)C)cc(C(C)(C)NOC=O)c1. The summed E-state index contributed by atoms with van der Waals surface area (Å²) < 4.78 is 0. The zero-order valence-corrected chi connectivity index (χ0v) is 14.6. The summed E-state index contributed by atoms with van der Waals surface area (Å²) in [7, 11) is 0. The Morgan fingerprint density at radius 2 is 1.19 bits per heavy atom. The molecule has 0 aliphatic rings. The topological polar surface area (TPSA) is 38.3 Å². The van der Waals surface area contributed by atoms with Crippen LogP contribution in [0.5, 0.6) is 0 Å². The summed E-state index contributed by atoms with van der Waals surface area (Å²) in [5, 5.41) is 0. The Bertz CT molecular complexity index is 473. The summed E-state index contributed by atoms with van der Waals surface area (Å²) in [6.45, 7) is 17.7. The van der Waals surface area contributed by atoms with E-state index in [2.05, 4.69) is 65.2 Å². The minimum Gasteiger partial charge on any atom is -0.373 e. The van der Waals surface area contributed by atoms with Crippen molar-refractivity contribution >= 4 is 6.47 Å². The highest BCUT2D eigenvalue weighted by molar-refractivity contribution is 5.40. The third-order valence-corrected chi connectivity index (χ3v) is 3.75. The lowest BCUT2D eigenvalue weighted by atomic mass is 9.77. The molecule has 0 saturated carbocycles.